The molecule has 4 aliphatic carbocycles. The molecule has 77 heavy (non-hydrogen) atoms. The van der Waals surface area contributed by atoms with E-state index in [-0.39, 0.29) is 0 Å². The van der Waals surface area contributed by atoms with Crippen LogP contribution in [0.2, 0.25) is 0 Å². The van der Waals surface area contributed by atoms with E-state index in [0.29, 0.717) is 0 Å². The average molecular weight is 995 g/mol. The zero-order chi connectivity index (χ0) is 50.6. The summed E-state index contributed by atoms with van der Waals surface area (Å²) in [5, 5.41) is 0. The largest absolute Gasteiger partial charge is 0.249 e. The standard InChI is InChI=1S/C75H46OS/c76-77-71-31-15-13-29-67(71)75(68-30-14-16-32-72(68)77)66-28-12-6-22-58(66)60-44-38-50(46-70(60)75)48-35-41-52(42-36-48)73(61-23-7-1-17-53(61)54-18-2-8-24-62(54)73)51-39-33-47(34-40-51)49-37-43-59-57-21-5-11-27-65(57)74(69(59)45-49)63-25-9-3-19-55(63)56-20-4-10-26-64(56)74/h1-46H. The van der Waals surface area contributed by atoms with E-state index in [2.05, 4.69) is 267 Å². The first-order valence-electron chi connectivity index (χ1n) is 26.8. The number of rotatable bonds is 4. The number of benzene rings is 12. The minimum atomic E-state index is -1.30. The third-order valence-electron chi connectivity index (χ3n) is 18.3. The Bertz CT molecular complexity index is 4380. The highest BCUT2D eigenvalue weighted by Gasteiger charge is 2.53. The fraction of sp³-hybridized carbons (Fsp3) is 0.0400. The number of fused-ring (bicyclic) bond motifs is 22. The molecule has 1 nitrogen and oxygen atoms in total. The lowest BCUT2D eigenvalue weighted by Gasteiger charge is -2.39. The summed E-state index contributed by atoms with van der Waals surface area (Å²) < 4.78 is 14.4. The predicted octanol–water partition coefficient (Wildman–Crippen LogP) is 17.6. The van der Waals surface area contributed by atoms with E-state index < -0.39 is 27.0 Å². The lowest BCUT2D eigenvalue weighted by atomic mass is 9.67. The molecule has 0 N–H and O–H groups in total. The highest BCUT2D eigenvalue weighted by atomic mass is 32.2. The highest BCUT2D eigenvalue weighted by molar-refractivity contribution is 7.85. The van der Waals surface area contributed by atoms with Crippen molar-refractivity contribution in [2.75, 3.05) is 0 Å². The van der Waals surface area contributed by atoms with Crippen LogP contribution in [0.15, 0.2) is 289 Å². The summed E-state index contributed by atoms with van der Waals surface area (Å²) in [5.41, 5.74) is 28.5. The maximum atomic E-state index is 14.4. The van der Waals surface area contributed by atoms with Crippen molar-refractivity contribution < 1.29 is 4.21 Å². The molecule has 17 rings (SSSR count). The van der Waals surface area contributed by atoms with Gasteiger partial charge in [0.15, 0.2) is 0 Å². The van der Waals surface area contributed by atoms with Gasteiger partial charge in [0.25, 0.3) is 0 Å². The van der Waals surface area contributed by atoms with Crippen LogP contribution >= 0.6 is 0 Å². The van der Waals surface area contributed by atoms with Gasteiger partial charge in [0, 0.05) is 9.79 Å². The summed E-state index contributed by atoms with van der Waals surface area (Å²) in [5.74, 6) is 0. The molecule has 1 heterocycles. The van der Waals surface area contributed by atoms with Crippen LogP contribution in [0.1, 0.15) is 66.8 Å². The van der Waals surface area contributed by atoms with Gasteiger partial charge in [-0.25, -0.2) is 4.21 Å². The quantitative estimate of drug-likeness (QED) is 0.172. The summed E-state index contributed by atoms with van der Waals surface area (Å²) in [6.07, 6.45) is 0. The minimum Gasteiger partial charge on any atom is -0.249 e. The molecular formula is C75H46OS. The molecule has 2 heteroatoms. The van der Waals surface area contributed by atoms with Crippen LogP contribution in [0.3, 0.4) is 0 Å². The van der Waals surface area contributed by atoms with Crippen molar-refractivity contribution in [1.29, 1.82) is 0 Å². The Kier molecular flexibility index (Phi) is 8.77. The smallest absolute Gasteiger partial charge is 0.0856 e. The average Bonchev–Trinajstić information content (AvgIpc) is 4.37. The fourth-order valence-electron chi connectivity index (χ4n) is 15.3. The van der Waals surface area contributed by atoms with Crippen molar-refractivity contribution in [3.63, 3.8) is 0 Å². The molecule has 0 atom stereocenters. The molecule has 0 bridgehead atoms. The summed E-state index contributed by atoms with van der Waals surface area (Å²) in [7, 11) is -1.30. The lowest BCUT2D eigenvalue weighted by molar-refractivity contribution is 0.660. The first kappa shape index (κ1) is 43.1. The van der Waals surface area contributed by atoms with E-state index in [1.54, 1.807) is 0 Å². The van der Waals surface area contributed by atoms with Gasteiger partial charge in [-0.05, 0) is 158 Å². The van der Waals surface area contributed by atoms with Crippen LogP contribution in [-0.4, -0.2) is 4.21 Å². The van der Waals surface area contributed by atoms with Gasteiger partial charge in [-0.1, -0.05) is 255 Å². The van der Waals surface area contributed by atoms with Crippen molar-refractivity contribution in [1.82, 2.24) is 0 Å². The van der Waals surface area contributed by atoms with Crippen molar-refractivity contribution in [3.05, 3.63) is 346 Å². The van der Waals surface area contributed by atoms with Crippen molar-refractivity contribution >= 4 is 10.8 Å². The van der Waals surface area contributed by atoms with Gasteiger partial charge in [0.1, 0.15) is 0 Å². The molecule has 0 fully saturated rings. The van der Waals surface area contributed by atoms with Crippen LogP contribution < -0.4 is 0 Å². The maximum Gasteiger partial charge on any atom is 0.0856 e. The Morgan fingerprint density at radius 2 is 0.455 bits per heavy atom. The summed E-state index contributed by atoms with van der Waals surface area (Å²) in [4.78, 5) is 1.76. The molecule has 5 aliphatic rings. The van der Waals surface area contributed by atoms with Crippen molar-refractivity contribution in [3.8, 4) is 66.8 Å². The van der Waals surface area contributed by atoms with Crippen molar-refractivity contribution in [2.24, 2.45) is 0 Å². The summed E-state index contributed by atoms with van der Waals surface area (Å²) >= 11 is 0. The van der Waals surface area contributed by atoms with E-state index in [0.717, 1.165) is 32.0 Å². The Morgan fingerprint density at radius 1 is 0.208 bits per heavy atom. The summed E-state index contributed by atoms with van der Waals surface area (Å²) in [6.45, 7) is 0. The molecule has 0 saturated carbocycles. The topological polar surface area (TPSA) is 17.1 Å². The van der Waals surface area contributed by atoms with Crippen LogP contribution in [0.5, 0.6) is 0 Å². The summed E-state index contributed by atoms with van der Waals surface area (Å²) in [6, 6.07) is 104. The SMILES string of the molecule is O=S1c2ccccc2C2(c3ccccc3-c3ccc(-c4ccc(C5(c6ccc(-c7ccc8c(c7)C7(c9ccccc9-c9ccccc97)c7ccccc7-8)cc6)c6ccccc6-c6ccccc65)cc4)cc32)c2ccccc21. The molecule has 0 aromatic heterocycles. The van der Waals surface area contributed by atoms with Gasteiger partial charge >= 0.3 is 0 Å². The Morgan fingerprint density at radius 3 is 0.792 bits per heavy atom. The van der Waals surface area contributed by atoms with Crippen LogP contribution in [-0.2, 0) is 27.0 Å². The van der Waals surface area contributed by atoms with Gasteiger partial charge in [-0.2, -0.15) is 0 Å². The second-order valence-corrected chi connectivity index (χ2v) is 22.9. The van der Waals surface area contributed by atoms with Gasteiger partial charge in [-0.15, -0.1) is 0 Å². The second-order valence-electron chi connectivity index (χ2n) is 21.5. The Hall–Kier alpha value is -9.21. The van der Waals surface area contributed by atoms with Crippen LogP contribution in [0.4, 0.5) is 0 Å². The van der Waals surface area contributed by atoms with Crippen LogP contribution in [0, 0.1) is 0 Å². The Labute approximate surface area is 450 Å². The van der Waals surface area contributed by atoms with E-state index in [9.17, 15) is 4.21 Å². The number of hydrogen-bond acceptors (Lipinski definition) is 1. The third kappa shape index (κ3) is 5.36. The van der Waals surface area contributed by atoms with E-state index in [1.807, 2.05) is 12.1 Å². The molecule has 2 spiro atoms. The molecule has 358 valence electrons. The zero-order valence-electron chi connectivity index (χ0n) is 41.9. The van der Waals surface area contributed by atoms with E-state index in [1.165, 1.54) is 111 Å². The van der Waals surface area contributed by atoms with Gasteiger partial charge < -0.3 is 0 Å². The molecular weight excluding hydrogens is 949 g/mol. The molecule has 1 aliphatic heterocycles. The first-order valence-corrected chi connectivity index (χ1v) is 28.0. The second kappa shape index (κ2) is 15.7. The zero-order valence-corrected chi connectivity index (χ0v) is 42.7. The maximum absolute atomic E-state index is 14.4. The normalized spacial score (nSPS) is 17.3. The molecule has 0 saturated heterocycles. The molecule has 0 unspecified atom stereocenters. The van der Waals surface area contributed by atoms with Gasteiger partial charge in [-0.3, -0.25) is 0 Å². The fourth-order valence-corrected chi connectivity index (χ4v) is 16.8. The molecule has 12 aromatic carbocycles. The predicted molar refractivity (Wildman–Crippen MR) is 313 cm³/mol. The van der Waals surface area contributed by atoms with E-state index in [4.69, 9.17) is 0 Å². The van der Waals surface area contributed by atoms with Crippen LogP contribution in [0.25, 0.3) is 66.8 Å². The molecule has 12 aromatic rings. The number of hydrogen-bond donors (Lipinski definition) is 0. The molecule has 0 radical (unpaired) electrons. The van der Waals surface area contributed by atoms with Gasteiger partial charge in [0.05, 0.1) is 27.0 Å². The first-order chi connectivity index (χ1) is 38.1. The van der Waals surface area contributed by atoms with E-state index >= 15 is 0 Å². The minimum absolute atomic E-state index is 0.400. The monoisotopic (exact) mass is 994 g/mol. The third-order valence-corrected chi connectivity index (χ3v) is 19.8. The highest BCUT2D eigenvalue weighted by Crippen LogP contribution is 2.64. The van der Waals surface area contributed by atoms with Crippen molar-refractivity contribution in [2.45, 2.75) is 26.0 Å². The van der Waals surface area contributed by atoms with Gasteiger partial charge in [0.2, 0.25) is 0 Å². The molecule has 0 amide bonds. The Balaban J connectivity index is 0.809. The lowest BCUT2D eigenvalue weighted by Crippen LogP contribution is -2.34.